The van der Waals surface area contributed by atoms with Crippen molar-refractivity contribution in [2.45, 2.75) is 13.0 Å². The zero-order chi connectivity index (χ0) is 11.4. The fourth-order valence-corrected chi connectivity index (χ4v) is 1.40. The van der Waals surface area contributed by atoms with Crippen LogP contribution in [-0.2, 0) is 4.79 Å². The SMILES string of the molecule is CC(=O)C(=[N+]=[N-])C(O)c1ccccc1Cl. The molecule has 1 unspecified atom stereocenters. The molecule has 0 amide bonds. The van der Waals surface area contributed by atoms with Gasteiger partial charge in [0.05, 0.1) is 0 Å². The summed E-state index contributed by atoms with van der Waals surface area (Å²) in [7, 11) is 0. The molecule has 0 radical (unpaired) electrons. The van der Waals surface area contributed by atoms with Gasteiger partial charge in [-0.1, -0.05) is 29.8 Å². The van der Waals surface area contributed by atoms with E-state index in [0.717, 1.165) is 0 Å². The van der Waals surface area contributed by atoms with E-state index in [1.165, 1.54) is 6.92 Å². The van der Waals surface area contributed by atoms with Crippen LogP contribution in [0.5, 0.6) is 0 Å². The van der Waals surface area contributed by atoms with Crippen molar-refractivity contribution in [3.63, 3.8) is 0 Å². The number of ketones is 1. The van der Waals surface area contributed by atoms with Crippen molar-refractivity contribution < 1.29 is 14.7 Å². The largest absolute Gasteiger partial charge is 0.376 e. The molecule has 0 aromatic heterocycles. The van der Waals surface area contributed by atoms with Crippen LogP contribution >= 0.6 is 11.6 Å². The van der Waals surface area contributed by atoms with Crippen molar-refractivity contribution in [3.05, 3.63) is 40.4 Å². The molecule has 78 valence electrons. The topological polar surface area (TPSA) is 73.7 Å². The van der Waals surface area contributed by atoms with Crippen molar-refractivity contribution in [2.24, 2.45) is 0 Å². The third-order valence-corrected chi connectivity index (χ3v) is 2.27. The minimum atomic E-state index is -1.30. The van der Waals surface area contributed by atoms with Gasteiger partial charge in [0.2, 0.25) is 5.78 Å². The van der Waals surface area contributed by atoms with Gasteiger partial charge < -0.3 is 10.6 Å². The Hall–Kier alpha value is -1.48. The third-order valence-electron chi connectivity index (χ3n) is 1.93. The summed E-state index contributed by atoms with van der Waals surface area (Å²) in [5, 5.41) is 10.0. The van der Waals surface area contributed by atoms with E-state index in [1.807, 2.05) is 0 Å². The van der Waals surface area contributed by atoms with Crippen LogP contribution in [0.2, 0.25) is 5.02 Å². The number of Topliss-reactive ketones (excluding diaryl/α,β-unsaturated/α-hetero) is 1. The maximum atomic E-state index is 11.0. The Labute approximate surface area is 91.7 Å². The van der Waals surface area contributed by atoms with Gasteiger partial charge >= 0.3 is 5.71 Å². The minimum absolute atomic E-state index is 0.312. The summed E-state index contributed by atoms with van der Waals surface area (Å²) in [6, 6.07) is 6.50. The molecule has 0 fully saturated rings. The first-order valence-corrected chi connectivity index (χ1v) is 4.61. The number of carbonyl (C=O) groups excluding carboxylic acids is 1. The molecule has 1 aromatic rings. The second-order valence-electron chi connectivity index (χ2n) is 2.97. The van der Waals surface area contributed by atoms with Gasteiger partial charge in [-0.15, -0.1) is 0 Å². The van der Waals surface area contributed by atoms with Crippen LogP contribution in [0.1, 0.15) is 18.6 Å². The van der Waals surface area contributed by atoms with Crippen LogP contribution in [0.3, 0.4) is 0 Å². The first-order valence-electron chi connectivity index (χ1n) is 4.23. The molecular weight excluding hydrogens is 216 g/mol. The molecule has 0 aliphatic heterocycles. The van der Waals surface area contributed by atoms with Crippen LogP contribution in [0, 0.1) is 0 Å². The van der Waals surface area contributed by atoms with Crippen LogP contribution in [0.25, 0.3) is 5.53 Å². The van der Waals surface area contributed by atoms with E-state index in [2.05, 4.69) is 4.79 Å². The fourth-order valence-electron chi connectivity index (χ4n) is 1.16. The lowest BCUT2D eigenvalue weighted by Crippen LogP contribution is -2.21. The highest BCUT2D eigenvalue weighted by molar-refractivity contribution is 6.39. The maximum absolute atomic E-state index is 11.0. The molecule has 0 saturated heterocycles. The van der Waals surface area contributed by atoms with E-state index < -0.39 is 11.9 Å². The first kappa shape index (κ1) is 11.6. The number of aliphatic hydroxyl groups is 1. The molecule has 0 spiro atoms. The molecule has 0 heterocycles. The summed E-state index contributed by atoms with van der Waals surface area (Å²) in [4.78, 5) is 13.8. The number of halogens is 1. The fraction of sp³-hybridized carbons (Fsp3) is 0.200. The van der Waals surface area contributed by atoms with E-state index in [1.54, 1.807) is 24.3 Å². The van der Waals surface area contributed by atoms with Gasteiger partial charge in [0.1, 0.15) is 0 Å². The number of hydrogen-bond acceptors (Lipinski definition) is 2. The number of benzene rings is 1. The Balaban J connectivity index is 3.15. The van der Waals surface area contributed by atoms with Gasteiger partial charge in [-0.2, -0.15) is 4.79 Å². The normalized spacial score (nSPS) is 11.7. The predicted molar refractivity (Wildman–Crippen MR) is 55.7 cm³/mol. The van der Waals surface area contributed by atoms with Crippen LogP contribution in [0.4, 0.5) is 0 Å². The molecule has 5 heteroatoms. The van der Waals surface area contributed by atoms with Gasteiger partial charge in [-0.3, -0.25) is 4.79 Å². The van der Waals surface area contributed by atoms with E-state index in [9.17, 15) is 9.90 Å². The smallest absolute Gasteiger partial charge is 0.366 e. The second kappa shape index (κ2) is 4.84. The molecule has 0 bridgehead atoms. The number of rotatable bonds is 3. The van der Waals surface area contributed by atoms with Gasteiger partial charge in [0.25, 0.3) is 0 Å². The van der Waals surface area contributed by atoms with Gasteiger partial charge in [-0.05, 0) is 6.07 Å². The number of aliphatic hydroxyl groups excluding tert-OH is 1. The Morgan fingerprint density at radius 3 is 2.60 bits per heavy atom. The summed E-state index contributed by atoms with van der Waals surface area (Å²) in [6.07, 6.45) is -1.30. The van der Waals surface area contributed by atoms with Crippen LogP contribution in [-0.4, -0.2) is 21.4 Å². The predicted octanol–water partition coefficient (Wildman–Crippen LogP) is 1.63. The molecule has 1 rings (SSSR count). The molecule has 1 aromatic carbocycles. The average Bonchev–Trinajstić information content (AvgIpc) is 2.18. The highest BCUT2D eigenvalue weighted by atomic mass is 35.5. The molecular formula is C10H9ClN2O2. The highest BCUT2D eigenvalue weighted by Gasteiger charge is 2.28. The van der Waals surface area contributed by atoms with Crippen molar-refractivity contribution >= 4 is 23.1 Å². The molecule has 0 saturated carbocycles. The molecule has 0 aliphatic carbocycles. The number of carbonyl (C=O) groups is 1. The van der Waals surface area contributed by atoms with Crippen molar-refractivity contribution in [1.82, 2.24) is 0 Å². The molecule has 4 nitrogen and oxygen atoms in total. The Morgan fingerprint density at radius 2 is 2.13 bits per heavy atom. The van der Waals surface area contributed by atoms with Crippen molar-refractivity contribution in [2.75, 3.05) is 0 Å². The summed E-state index contributed by atoms with van der Waals surface area (Å²) in [5.41, 5.74) is 8.59. The Morgan fingerprint density at radius 1 is 1.53 bits per heavy atom. The van der Waals surface area contributed by atoms with E-state index in [4.69, 9.17) is 17.1 Å². The maximum Gasteiger partial charge on any atom is 0.366 e. The van der Waals surface area contributed by atoms with E-state index >= 15 is 0 Å². The van der Waals surface area contributed by atoms with Gasteiger partial charge in [-0.25, -0.2) is 0 Å². The number of hydrogen-bond donors (Lipinski definition) is 1. The summed E-state index contributed by atoms with van der Waals surface area (Å²) in [6.45, 7) is 1.20. The lowest BCUT2D eigenvalue weighted by Gasteiger charge is -2.06. The van der Waals surface area contributed by atoms with Gasteiger partial charge in [0, 0.05) is 17.5 Å². The van der Waals surface area contributed by atoms with Crippen LogP contribution in [0.15, 0.2) is 24.3 Å². The first-order chi connectivity index (χ1) is 7.07. The lowest BCUT2D eigenvalue weighted by molar-refractivity contribution is -0.117. The quantitative estimate of drug-likeness (QED) is 0.481. The molecule has 1 atom stereocenters. The zero-order valence-corrected chi connectivity index (χ0v) is 8.77. The molecule has 1 N–H and O–H groups in total. The van der Waals surface area contributed by atoms with E-state index in [0.29, 0.717) is 10.6 Å². The lowest BCUT2D eigenvalue weighted by atomic mass is 10.0. The average molecular weight is 225 g/mol. The van der Waals surface area contributed by atoms with Crippen molar-refractivity contribution in [1.29, 1.82) is 0 Å². The molecule has 15 heavy (non-hydrogen) atoms. The second-order valence-corrected chi connectivity index (χ2v) is 3.37. The zero-order valence-electron chi connectivity index (χ0n) is 8.01. The van der Waals surface area contributed by atoms with E-state index in [-0.39, 0.29) is 5.71 Å². The Bertz CT molecular complexity index is 439. The minimum Gasteiger partial charge on any atom is -0.376 e. The summed E-state index contributed by atoms with van der Waals surface area (Å²) < 4.78 is 0. The summed E-state index contributed by atoms with van der Waals surface area (Å²) in [5.74, 6) is -0.509. The summed E-state index contributed by atoms with van der Waals surface area (Å²) >= 11 is 5.82. The third kappa shape index (κ3) is 2.50. The standard InChI is InChI=1S/C10H9ClN2O2/c1-6(14)9(13-12)10(15)7-4-2-3-5-8(7)11/h2-5,10,15H,1H3. The molecule has 0 aliphatic rings. The number of nitrogens with zero attached hydrogens (tertiary/aromatic N) is 2. The highest BCUT2D eigenvalue weighted by Crippen LogP contribution is 2.23. The Kier molecular flexibility index (Phi) is 3.74. The monoisotopic (exact) mass is 224 g/mol. The van der Waals surface area contributed by atoms with Gasteiger partial charge in [0.15, 0.2) is 6.10 Å². The van der Waals surface area contributed by atoms with Crippen molar-refractivity contribution in [3.8, 4) is 0 Å². The van der Waals surface area contributed by atoms with Crippen LogP contribution < -0.4 is 0 Å².